The summed E-state index contributed by atoms with van der Waals surface area (Å²) in [6.45, 7) is 5.01. The van der Waals surface area contributed by atoms with E-state index in [-0.39, 0.29) is 5.97 Å². The van der Waals surface area contributed by atoms with E-state index in [0.29, 0.717) is 17.1 Å². The molecule has 1 spiro atoms. The number of anilines is 3. The number of fused-ring (bicyclic) bond motifs is 6. The van der Waals surface area contributed by atoms with E-state index in [1.807, 2.05) is 78.9 Å². The Hall–Kier alpha value is -4.25. The monoisotopic (exact) mass is 476 g/mol. The third-order valence-electron chi connectivity index (χ3n) is 6.97. The molecular formula is C31H28N2O3. The molecule has 2 aliphatic heterocycles. The first-order valence-electron chi connectivity index (χ1n) is 12.5. The van der Waals surface area contributed by atoms with Gasteiger partial charge in [-0.15, -0.1) is 0 Å². The molecule has 0 fully saturated rings. The van der Waals surface area contributed by atoms with Crippen molar-refractivity contribution in [1.29, 1.82) is 0 Å². The summed E-state index contributed by atoms with van der Waals surface area (Å²) in [7, 11) is 0. The molecule has 4 aromatic carbocycles. The van der Waals surface area contributed by atoms with Crippen molar-refractivity contribution in [2.24, 2.45) is 0 Å². The molecule has 0 aromatic heterocycles. The van der Waals surface area contributed by atoms with E-state index in [2.05, 4.69) is 30.5 Å². The van der Waals surface area contributed by atoms with Gasteiger partial charge in [0.05, 0.1) is 11.3 Å². The molecule has 2 heterocycles. The number of nitrogens with one attached hydrogen (secondary N) is 2. The van der Waals surface area contributed by atoms with Crippen LogP contribution in [0.3, 0.4) is 0 Å². The number of carbonyl (C=O) groups is 1. The number of carbonyl (C=O) groups excluding carboxylic acids is 1. The lowest BCUT2D eigenvalue weighted by molar-refractivity contribution is 0.0226. The number of aryl methyl sites for hydroxylation is 1. The lowest BCUT2D eigenvalue weighted by Gasteiger charge is -2.37. The first-order chi connectivity index (χ1) is 17.6. The normalized spacial score (nSPS) is 14.3. The summed E-state index contributed by atoms with van der Waals surface area (Å²) in [6, 6.07) is 27.7. The van der Waals surface area contributed by atoms with Gasteiger partial charge in [-0.25, -0.2) is 4.79 Å². The maximum Gasteiger partial charge on any atom is 0.342 e. The number of hydrogen-bond donors (Lipinski definition) is 2. The Kier molecular flexibility index (Phi) is 5.41. The van der Waals surface area contributed by atoms with E-state index in [0.717, 1.165) is 58.7 Å². The summed E-state index contributed by atoms with van der Waals surface area (Å²) in [5.74, 6) is 1.03. The lowest BCUT2D eigenvalue weighted by Crippen LogP contribution is -2.33. The van der Waals surface area contributed by atoms with Gasteiger partial charge in [0.1, 0.15) is 11.5 Å². The van der Waals surface area contributed by atoms with Crippen LogP contribution in [0.2, 0.25) is 0 Å². The van der Waals surface area contributed by atoms with Crippen LogP contribution in [-0.4, -0.2) is 12.5 Å². The summed E-state index contributed by atoms with van der Waals surface area (Å²) in [4.78, 5) is 13.8. The van der Waals surface area contributed by atoms with E-state index >= 15 is 0 Å². The van der Waals surface area contributed by atoms with Gasteiger partial charge in [-0.2, -0.15) is 0 Å². The van der Waals surface area contributed by atoms with Gasteiger partial charge >= 0.3 is 5.97 Å². The number of benzene rings is 4. The second-order valence-corrected chi connectivity index (χ2v) is 9.30. The molecular weight excluding hydrogens is 448 g/mol. The largest absolute Gasteiger partial charge is 0.456 e. The van der Waals surface area contributed by atoms with Crippen molar-refractivity contribution in [2.75, 3.05) is 17.2 Å². The van der Waals surface area contributed by atoms with E-state index in [1.165, 1.54) is 0 Å². The lowest BCUT2D eigenvalue weighted by atomic mass is 9.76. The van der Waals surface area contributed by atoms with Gasteiger partial charge in [-0.1, -0.05) is 67.9 Å². The highest BCUT2D eigenvalue weighted by Gasteiger charge is 2.56. The van der Waals surface area contributed by atoms with Gasteiger partial charge in [-0.05, 0) is 49.2 Å². The maximum absolute atomic E-state index is 13.8. The molecule has 0 unspecified atom stereocenters. The van der Waals surface area contributed by atoms with Gasteiger partial charge in [0.25, 0.3) is 0 Å². The molecule has 0 atom stereocenters. The Morgan fingerprint density at radius 1 is 0.861 bits per heavy atom. The van der Waals surface area contributed by atoms with Gasteiger partial charge < -0.3 is 20.1 Å². The third kappa shape index (κ3) is 3.34. The zero-order valence-electron chi connectivity index (χ0n) is 20.4. The van der Waals surface area contributed by atoms with Crippen LogP contribution in [0.25, 0.3) is 0 Å². The highest BCUT2D eigenvalue weighted by atomic mass is 16.6. The fourth-order valence-corrected chi connectivity index (χ4v) is 5.32. The summed E-state index contributed by atoms with van der Waals surface area (Å²) in [5, 5.41) is 7.14. The topological polar surface area (TPSA) is 59.6 Å². The highest BCUT2D eigenvalue weighted by Crippen LogP contribution is 2.59. The molecule has 6 rings (SSSR count). The molecule has 180 valence electrons. The van der Waals surface area contributed by atoms with Crippen LogP contribution >= 0.6 is 0 Å². The van der Waals surface area contributed by atoms with Gasteiger partial charge in [-0.3, -0.25) is 0 Å². The van der Waals surface area contributed by atoms with Crippen LogP contribution in [0.4, 0.5) is 17.1 Å². The quantitative estimate of drug-likeness (QED) is 0.223. The van der Waals surface area contributed by atoms with E-state index < -0.39 is 5.60 Å². The summed E-state index contributed by atoms with van der Waals surface area (Å²) in [6.07, 6.45) is 2.08. The van der Waals surface area contributed by atoms with Gasteiger partial charge in [0, 0.05) is 34.6 Å². The minimum atomic E-state index is -1.14. The van der Waals surface area contributed by atoms with Crippen molar-refractivity contribution in [2.45, 2.75) is 32.3 Å². The number of ether oxygens (including phenoxy) is 2. The second-order valence-electron chi connectivity index (χ2n) is 9.30. The first kappa shape index (κ1) is 22.2. The van der Waals surface area contributed by atoms with Crippen LogP contribution in [0.15, 0.2) is 84.9 Å². The molecule has 5 nitrogen and oxygen atoms in total. The highest BCUT2D eigenvalue weighted by molar-refractivity contribution is 6.05. The van der Waals surface area contributed by atoms with E-state index in [9.17, 15) is 4.79 Å². The van der Waals surface area contributed by atoms with Crippen molar-refractivity contribution >= 4 is 23.0 Å². The molecule has 0 radical (unpaired) electrons. The Bertz CT molecular complexity index is 1420. The Balaban J connectivity index is 1.67. The molecule has 4 aromatic rings. The minimum absolute atomic E-state index is 0.341. The molecule has 2 aliphatic rings. The third-order valence-corrected chi connectivity index (χ3v) is 6.97. The predicted molar refractivity (Wildman–Crippen MR) is 143 cm³/mol. The SMILES string of the molecule is CCCCNc1cc(C)c(Nc2ccccc2)c2c1C(=O)OC21c2ccccc2Oc2ccccc21. The fraction of sp³-hybridized carbons (Fsp3) is 0.194. The number of unbranched alkanes of at least 4 members (excludes halogenated alkanes) is 1. The average Bonchev–Trinajstić information content (AvgIpc) is 3.20. The first-order valence-corrected chi connectivity index (χ1v) is 12.5. The van der Waals surface area contributed by atoms with E-state index in [4.69, 9.17) is 9.47 Å². The van der Waals surface area contributed by atoms with Crippen LogP contribution in [0.1, 0.15) is 52.4 Å². The maximum atomic E-state index is 13.8. The molecule has 0 amide bonds. The van der Waals surface area contributed by atoms with Gasteiger partial charge in [0.15, 0.2) is 5.60 Å². The van der Waals surface area contributed by atoms with Crippen LogP contribution < -0.4 is 15.4 Å². The number of hydrogen-bond acceptors (Lipinski definition) is 5. The second kappa shape index (κ2) is 8.76. The van der Waals surface area contributed by atoms with Gasteiger partial charge in [0.2, 0.25) is 0 Å². The minimum Gasteiger partial charge on any atom is -0.456 e. The van der Waals surface area contributed by atoms with Crippen molar-refractivity contribution < 1.29 is 14.3 Å². The molecule has 2 N–H and O–H groups in total. The van der Waals surface area contributed by atoms with Crippen molar-refractivity contribution in [3.63, 3.8) is 0 Å². The molecule has 0 saturated heterocycles. The molecule has 36 heavy (non-hydrogen) atoms. The Labute approximate surface area is 211 Å². The Morgan fingerprint density at radius 3 is 2.17 bits per heavy atom. The van der Waals surface area contributed by atoms with Crippen LogP contribution in [0.5, 0.6) is 11.5 Å². The zero-order valence-corrected chi connectivity index (χ0v) is 20.4. The fourth-order valence-electron chi connectivity index (χ4n) is 5.32. The van der Waals surface area contributed by atoms with Crippen molar-refractivity contribution in [3.8, 4) is 11.5 Å². The predicted octanol–water partition coefficient (Wildman–Crippen LogP) is 7.52. The zero-order chi connectivity index (χ0) is 24.7. The van der Waals surface area contributed by atoms with E-state index in [1.54, 1.807) is 0 Å². The van der Waals surface area contributed by atoms with Crippen LogP contribution in [-0.2, 0) is 10.3 Å². The average molecular weight is 477 g/mol. The van der Waals surface area contributed by atoms with Crippen molar-refractivity contribution in [1.82, 2.24) is 0 Å². The van der Waals surface area contributed by atoms with Crippen molar-refractivity contribution in [3.05, 3.63) is 113 Å². The Morgan fingerprint density at radius 2 is 1.50 bits per heavy atom. The molecule has 0 bridgehead atoms. The molecule has 0 saturated carbocycles. The number of para-hydroxylation sites is 3. The number of rotatable bonds is 6. The van der Waals surface area contributed by atoms with Crippen LogP contribution in [0, 0.1) is 6.92 Å². The smallest absolute Gasteiger partial charge is 0.342 e. The molecule has 5 heteroatoms. The summed E-state index contributed by atoms with van der Waals surface area (Å²) in [5.41, 5.74) is 5.53. The number of esters is 1. The standard InChI is InChI=1S/C31H28N2O3/c1-3-4-18-32-24-19-20(2)29(33-21-12-6-5-7-13-21)28-27(24)30(34)36-31(28)22-14-8-10-16-25(22)35-26-17-11-9-15-23(26)31/h5-17,19,32-33H,3-4,18H2,1-2H3. The summed E-state index contributed by atoms with van der Waals surface area (Å²) < 4.78 is 12.8. The summed E-state index contributed by atoms with van der Waals surface area (Å²) >= 11 is 0. The molecule has 0 aliphatic carbocycles.